The fourth-order valence-corrected chi connectivity index (χ4v) is 1.99. The normalized spacial score (nSPS) is 10.2. The fraction of sp³-hybridized carbons (Fsp3) is 0.200. The number of hydrogen-bond donors (Lipinski definition) is 1. The first-order chi connectivity index (χ1) is 9.13. The molecule has 1 heterocycles. The average molecular weight is 257 g/mol. The minimum atomic E-state index is -1.02. The van der Waals surface area contributed by atoms with Crippen LogP contribution in [0.1, 0.15) is 23.0 Å². The van der Waals surface area contributed by atoms with Gasteiger partial charge in [0.1, 0.15) is 5.75 Å². The second kappa shape index (κ2) is 5.52. The highest BCUT2D eigenvalue weighted by atomic mass is 16.5. The van der Waals surface area contributed by atoms with Crippen LogP contribution in [0.25, 0.3) is 11.1 Å². The molecule has 0 saturated carbocycles. The Morgan fingerprint density at radius 2 is 2.11 bits per heavy atom. The third kappa shape index (κ3) is 2.73. The second-order valence-corrected chi connectivity index (χ2v) is 4.11. The van der Waals surface area contributed by atoms with Crippen molar-refractivity contribution in [3.05, 3.63) is 47.8 Å². The van der Waals surface area contributed by atoms with Crippen molar-refractivity contribution in [1.29, 1.82) is 0 Å². The summed E-state index contributed by atoms with van der Waals surface area (Å²) in [7, 11) is 0. The molecule has 1 N–H and O–H groups in total. The van der Waals surface area contributed by atoms with Gasteiger partial charge in [0.25, 0.3) is 0 Å². The summed E-state index contributed by atoms with van der Waals surface area (Å²) in [5, 5.41) is 9.17. The van der Waals surface area contributed by atoms with Crippen LogP contribution in [-0.4, -0.2) is 22.7 Å². The lowest BCUT2D eigenvalue weighted by Gasteiger charge is -2.10. The maximum absolute atomic E-state index is 11.2. The summed E-state index contributed by atoms with van der Waals surface area (Å²) in [6.07, 6.45) is 1.48. The van der Waals surface area contributed by atoms with Gasteiger partial charge in [-0.2, -0.15) is 0 Å². The topological polar surface area (TPSA) is 59.4 Å². The molecule has 0 aliphatic heterocycles. The van der Waals surface area contributed by atoms with Crippen LogP contribution < -0.4 is 4.74 Å². The van der Waals surface area contributed by atoms with Crippen molar-refractivity contribution in [1.82, 2.24) is 4.98 Å². The zero-order chi connectivity index (χ0) is 13.8. The van der Waals surface area contributed by atoms with Crippen LogP contribution in [0.4, 0.5) is 0 Å². The predicted molar refractivity (Wildman–Crippen MR) is 72.5 cm³/mol. The number of carboxylic acid groups (broad SMARTS) is 1. The van der Waals surface area contributed by atoms with Crippen molar-refractivity contribution in [3.63, 3.8) is 0 Å². The fourth-order valence-electron chi connectivity index (χ4n) is 1.99. The number of aryl methyl sites for hydroxylation is 1. The first-order valence-corrected chi connectivity index (χ1v) is 6.05. The van der Waals surface area contributed by atoms with E-state index in [0.29, 0.717) is 12.2 Å². The number of ether oxygens (including phenoxy) is 1. The van der Waals surface area contributed by atoms with Crippen molar-refractivity contribution < 1.29 is 14.6 Å². The Balaban J connectivity index is 2.50. The number of aromatic carboxylic acids is 1. The van der Waals surface area contributed by atoms with Gasteiger partial charge >= 0.3 is 5.97 Å². The smallest absolute Gasteiger partial charge is 0.355 e. The third-order valence-corrected chi connectivity index (χ3v) is 2.81. The largest absolute Gasteiger partial charge is 0.494 e. The Morgan fingerprint density at radius 1 is 1.32 bits per heavy atom. The Labute approximate surface area is 111 Å². The molecule has 0 fully saturated rings. The van der Waals surface area contributed by atoms with E-state index in [0.717, 1.165) is 16.9 Å². The summed E-state index contributed by atoms with van der Waals surface area (Å²) in [4.78, 5) is 15.1. The highest BCUT2D eigenvalue weighted by molar-refractivity contribution is 5.94. The molecule has 0 amide bonds. The Hall–Kier alpha value is -2.36. The van der Waals surface area contributed by atoms with Crippen LogP contribution >= 0.6 is 0 Å². The van der Waals surface area contributed by atoms with Crippen LogP contribution in [0.15, 0.2) is 36.5 Å². The lowest BCUT2D eigenvalue weighted by atomic mass is 9.99. The molecule has 2 rings (SSSR count). The van der Waals surface area contributed by atoms with E-state index < -0.39 is 5.97 Å². The lowest BCUT2D eigenvalue weighted by Crippen LogP contribution is -2.03. The Kier molecular flexibility index (Phi) is 3.80. The van der Waals surface area contributed by atoms with Gasteiger partial charge in [-0.25, -0.2) is 9.78 Å². The first-order valence-electron chi connectivity index (χ1n) is 6.05. The molecule has 4 nitrogen and oxygen atoms in total. The molecule has 98 valence electrons. The van der Waals surface area contributed by atoms with Crippen molar-refractivity contribution in [2.45, 2.75) is 13.8 Å². The van der Waals surface area contributed by atoms with Crippen LogP contribution in [0.2, 0.25) is 0 Å². The van der Waals surface area contributed by atoms with E-state index in [1.165, 1.54) is 6.20 Å². The highest BCUT2D eigenvalue weighted by Crippen LogP contribution is 2.28. The van der Waals surface area contributed by atoms with Crippen LogP contribution in [0, 0.1) is 6.92 Å². The van der Waals surface area contributed by atoms with Gasteiger partial charge in [0, 0.05) is 11.8 Å². The molecule has 0 radical (unpaired) electrons. The maximum Gasteiger partial charge on any atom is 0.355 e. The maximum atomic E-state index is 11.2. The molecule has 0 spiro atoms. The third-order valence-electron chi connectivity index (χ3n) is 2.81. The number of aromatic nitrogens is 1. The van der Waals surface area contributed by atoms with Crippen LogP contribution in [-0.2, 0) is 0 Å². The van der Waals surface area contributed by atoms with Gasteiger partial charge < -0.3 is 9.84 Å². The monoisotopic (exact) mass is 257 g/mol. The van der Waals surface area contributed by atoms with E-state index in [9.17, 15) is 4.79 Å². The predicted octanol–water partition coefficient (Wildman–Crippen LogP) is 3.15. The van der Waals surface area contributed by atoms with Crippen molar-refractivity contribution >= 4 is 5.97 Å². The lowest BCUT2D eigenvalue weighted by molar-refractivity contribution is 0.0691. The number of carboxylic acids is 1. The zero-order valence-electron chi connectivity index (χ0n) is 10.9. The van der Waals surface area contributed by atoms with Gasteiger partial charge in [0.15, 0.2) is 5.69 Å². The van der Waals surface area contributed by atoms with E-state index in [1.54, 1.807) is 12.1 Å². The molecule has 2 aromatic rings. The molecular formula is C15H15NO3. The molecular weight excluding hydrogens is 242 g/mol. The zero-order valence-corrected chi connectivity index (χ0v) is 10.9. The molecule has 0 unspecified atom stereocenters. The van der Waals surface area contributed by atoms with Crippen molar-refractivity contribution in [2.24, 2.45) is 0 Å². The van der Waals surface area contributed by atoms with E-state index in [1.807, 2.05) is 32.0 Å². The van der Waals surface area contributed by atoms with E-state index in [4.69, 9.17) is 9.84 Å². The molecule has 0 aliphatic carbocycles. The number of pyridine rings is 1. The van der Waals surface area contributed by atoms with E-state index in [2.05, 4.69) is 4.98 Å². The average Bonchev–Trinajstić information content (AvgIpc) is 2.39. The molecule has 0 bridgehead atoms. The summed E-state index contributed by atoms with van der Waals surface area (Å²) in [5.74, 6) is -0.242. The summed E-state index contributed by atoms with van der Waals surface area (Å²) < 4.78 is 5.42. The van der Waals surface area contributed by atoms with Gasteiger partial charge in [-0.15, -0.1) is 0 Å². The van der Waals surface area contributed by atoms with Gasteiger partial charge in [0.2, 0.25) is 0 Å². The molecule has 1 aromatic heterocycles. The summed E-state index contributed by atoms with van der Waals surface area (Å²) in [6.45, 7) is 4.45. The van der Waals surface area contributed by atoms with E-state index in [-0.39, 0.29) is 5.69 Å². The van der Waals surface area contributed by atoms with Crippen LogP contribution in [0.5, 0.6) is 5.75 Å². The van der Waals surface area contributed by atoms with Crippen molar-refractivity contribution in [2.75, 3.05) is 6.61 Å². The number of rotatable bonds is 4. The number of carbonyl (C=O) groups is 1. The van der Waals surface area contributed by atoms with Gasteiger partial charge in [-0.1, -0.05) is 12.1 Å². The highest BCUT2D eigenvalue weighted by Gasteiger charge is 2.14. The number of hydrogen-bond acceptors (Lipinski definition) is 3. The standard InChI is InChI=1S/C15H15NO3/c1-3-19-11-6-7-12(10(2)9-11)13-5-4-8-16-14(13)15(17)18/h4-9H,3H2,1-2H3,(H,17,18). The van der Waals surface area contributed by atoms with Crippen molar-refractivity contribution in [3.8, 4) is 16.9 Å². The summed E-state index contributed by atoms with van der Waals surface area (Å²) in [5.41, 5.74) is 2.50. The second-order valence-electron chi connectivity index (χ2n) is 4.11. The quantitative estimate of drug-likeness (QED) is 0.914. The van der Waals surface area contributed by atoms with Gasteiger partial charge in [0.05, 0.1) is 6.61 Å². The first kappa shape index (κ1) is 13.1. The summed E-state index contributed by atoms with van der Waals surface area (Å²) in [6, 6.07) is 9.10. The van der Waals surface area contributed by atoms with Gasteiger partial charge in [-0.05, 0) is 43.2 Å². The summed E-state index contributed by atoms with van der Waals surface area (Å²) >= 11 is 0. The molecule has 1 aromatic carbocycles. The minimum absolute atomic E-state index is 0.0646. The molecule has 0 saturated heterocycles. The molecule has 0 atom stereocenters. The molecule has 19 heavy (non-hydrogen) atoms. The van der Waals surface area contributed by atoms with E-state index >= 15 is 0 Å². The minimum Gasteiger partial charge on any atom is -0.494 e. The number of nitrogens with zero attached hydrogens (tertiary/aromatic N) is 1. The molecule has 0 aliphatic rings. The number of benzene rings is 1. The van der Waals surface area contributed by atoms with Crippen LogP contribution in [0.3, 0.4) is 0 Å². The van der Waals surface area contributed by atoms with Gasteiger partial charge in [-0.3, -0.25) is 0 Å². The molecule has 4 heteroatoms. The Bertz CT molecular complexity index is 608. The Morgan fingerprint density at radius 3 is 2.74 bits per heavy atom. The SMILES string of the molecule is CCOc1ccc(-c2cccnc2C(=O)O)c(C)c1.